The molecule has 1 aromatic carbocycles. The van der Waals surface area contributed by atoms with E-state index in [9.17, 15) is 14.4 Å². The lowest BCUT2D eigenvalue weighted by Crippen LogP contribution is -2.49. The molecule has 6 nitrogen and oxygen atoms in total. The molecule has 0 spiro atoms. The molecule has 6 heteroatoms. The number of rotatable bonds is 15. The van der Waals surface area contributed by atoms with Crippen molar-refractivity contribution in [1.82, 2.24) is 10.2 Å². The summed E-state index contributed by atoms with van der Waals surface area (Å²) in [5.74, 6) is -1.57. The molecule has 0 aliphatic rings. The van der Waals surface area contributed by atoms with Gasteiger partial charge in [0.05, 0.1) is 0 Å². The van der Waals surface area contributed by atoms with Crippen LogP contribution in [0, 0.1) is 0 Å². The zero-order valence-electron chi connectivity index (χ0n) is 18.3. The third kappa shape index (κ3) is 10.8. The first kappa shape index (κ1) is 25.4. The lowest BCUT2D eigenvalue weighted by molar-refractivity contribution is -0.139. The van der Waals surface area contributed by atoms with Gasteiger partial charge in [0.2, 0.25) is 11.8 Å². The summed E-state index contributed by atoms with van der Waals surface area (Å²) in [5, 5.41) is 11.8. The second kappa shape index (κ2) is 15.2. The maximum absolute atomic E-state index is 13.1. The van der Waals surface area contributed by atoms with Crippen molar-refractivity contribution < 1.29 is 19.5 Å². The molecule has 0 bridgehead atoms. The fraction of sp³-hybridized carbons (Fsp3) is 0.542. The van der Waals surface area contributed by atoms with Gasteiger partial charge in [-0.1, -0.05) is 69.9 Å². The van der Waals surface area contributed by atoms with Crippen molar-refractivity contribution in [3.05, 3.63) is 42.0 Å². The summed E-state index contributed by atoms with van der Waals surface area (Å²) in [6, 6.07) is 8.56. The van der Waals surface area contributed by atoms with E-state index in [1.807, 2.05) is 30.3 Å². The van der Waals surface area contributed by atoms with Gasteiger partial charge >= 0.3 is 5.97 Å². The first-order valence-electron chi connectivity index (χ1n) is 11.0. The molecule has 0 saturated carbocycles. The van der Waals surface area contributed by atoms with Crippen LogP contribution in [0.3, 0.4) is 0 Å². The zero-order valence-corrected chi connectivity index (χ0v) is 18.3. The number of benzene rings is 1. The molecule has 0 heterocycles. The Labute approximate surface area is 180 Å². The van der Waals surface area contributed by atoms with Crippen LogP contribution >= 0.6 is 0 Å². The van der Waals surface area contributed by atoms with Gasteiger partial charge in [0.1, 0.15) is 6.04 Å². The van der Waals surface area contributed by atoms with Crippen LogP contribution in [0.25, 0.3) is 6.08 Å². The number of amides is 2. The molecule has 1 unspecified atom stereocenters. The molecule has 1 atom stereocenters. The first-order valence-corrected chi connectivity index (χ1v) is 11.0. The lowest BCUT2D eigenvalue weighted by Gasteiger charge is -2.28. The van der Waals surface area contributed by atoms with E-state index < -0.39 is 17.9 Å². The third-order valence-electron chi connectivity index (χ3n) is 4.86. The Bertz CT molecular complexity index is 663. The molecule has 2 amide bonds. The molecule has 0 fully saturated rings. The molecular formula is C24H36N2O4. The van der Waals surface area contributed by atoms with Gasteiger partial charge in [0.25, 0.3) is 0 Å². The summed E-state index contributed by atoms with van der Waals surface area (Å²) < 4.78 is 0. The van der Waals surface area contributed by atoms with E-state index in [2.05, 4.69) is 19.2 Å². The van der Waals surface area contributed by atoms with Crippen molar-refractivity contribution in [3.8, 4) is 0 Å². The van der Waals surface area contributed by atoms with Crippen LogP contribution in [0.1, 0.15) is 70.8 Å². The Morgan fingerprint density at radius 3 is 2.13 bits per heavy atom. The van der Waals surface area contributed by atoms with Gasteiger partial charge in [-0.25, -0.2) is 0 Å². The molecule has 1 rings (SSSR count). The van der Waals surface area contributed by atoms with Gasteiger partial charge in [0, 0.05) is 25.6 Å². The number of carbonyl (C=O) groups excluding carboxylic acids is 2. The fourth-order valence-electron chi connectivity index (χ4n) is 3.14. The molecule has 1 aromatic rings. The van der Waals surface area contributed by atoms with Crippen molar-refractivity contribution in [2.75, 3.05) is 13.1 Å². The summed E-state index contributed by atoms with van der Waals surface area (Å²) in [6.07, 6.45) is 8.95. The van der Waals surface area contributed by atoms with Crippen LogP contribution in [0.15, 0.2) is 36.4 Å². The Kier molecular flexibility index (Phi) is 12.9. The number of carboxylic acid groups (broad SMARTS) is 1. The molecule has 2 N–H and O–H groups in total. The normalized spacial score (nSPS) is 11.9. The van der Waals surface area contributed by atoms with Gasteiger partial charge in [-0.3, -0.25) is 14.4 Å². The fourth-order valence-corrected chi connectivity index (χ4v) is 3.14. The van der Waals surface area contributed by atoms with Crippen LogP contribution < -0.4 is 5.32 Å². The van der Waals surface area contributed by atoms with Gasteiger partial charge in [-0.2, -0.15) is 0 Å². The van der Waals surface area contributed by atoms with Crippen LogP contribution in [-0.4, -0.2) is 46.9 Å². The van der Waals surface area contributed by atoms with Crippen molar-refractivity contribution >= 4 is 23.9 Å². The van der Waals surface area contributed by atoms with Crippen molar-refractivity contribution in [1.29, 1.82) is 0 Å². The standard InChI is InChI=1S/C24H36N2O4/c1-3-5-10-18-26(19-11-6-4-2)24(30)21(15-17-23(28)29)25-22(27)16-14-20-12-8-7-9-13-20/h7-9,12-14,16,21H,3-6,10-11,15,17-19H2,1-2H3,(H,25,27)(H,28,29)/b16-14+. The van der Waals surface area contributed by atoms with E-state index in [1.165, 1.54) is 6.08 Å². The Balaban J connectivity index is 2.83. The molecule has 166 valence electrons. The maximum Gasteiger partial charge on any atom is 0.303 e. The Hall–Kier alpha value is -2.63. The van der Waals surface area contributed by atoms with Crippen LogP contribution in [0.5, 0.6) is 0 Å². The molecule has 30 heavy (non-hydrogen) atoms. The number of hydrogen-bond acceptors (Lipinski definition) is 3. The second-order valence-corrected chi connectivity index (χ2v) is 7.48. The van der Waals surface area contributed by atoms with E-state index in [-0.39, 0.29) is 18.7 Å². The minimum atomic E-state index is -0.981. The summed E-state index contributed by atoms with van der Waals surface area (Å²) in [7, 11) is 0. The van der Waals surface area contributed by atoms with Crippen LogP contribution in [0.2, 0.25) is 0 Å². The minimum absolute atomic E-state index is 0.0805. The largest absolute Gasteiger partial charge is 0.481 e. The van der Waals surface area contributed by atoms with Gasteiger partial charge in [-0.15, -0.1) is 0 Å². The van der Waals surface area contributed by atoms with E-state index >= 15 is 0 Å². The van der Waals surface area contributed by atoms with Crippen molar-refractivity contribution in [2.24, 2.45) is 0 Å². The zero-order chi connectivity index (χ0) is 22.2. The molecular weight excluding hydrogens is 380 g/mol. The average molecular weight is 417 g/mol. The number of nitrogens with one attached hydrogen (secondary N) is 1. The Morgan fingerprint density at radius 2 is 1.60 bits per heavy atom. The summed E-state index contributed by atoms with van der Waals surface area (Å²) in [5.41, 5.74) is 0.877. The number of aliphatic carboxylic acids is 1. The number of nitrogens with zero attached hydrogens (tertiary/aromatic N) is 1. The lowest BCUT2D eigenvalue weighted by atomic mass is 10.1. The summed E-state index contributed by atoms with van der Waals surface area (Å²) in [4.78, 5) is 38.4. The van der Waals surface area contributed by atoms with E-state index in [0.29, 0.717) is 13.1 Å². The average Bonchev–Trinajstić information content (AvgIpc) is 2.74. The van der Waals surface area contributed by atoms with E-state index in [1.54, 1.807) is 11.0 Å². The molecule has 0 radical (unpaired) electrons. The maximum atomic E-state index is 13.1. The van der Waals surface area contributed by atoms with E-state index in [4.69, 9.17) is 5.11 Å². The highest BCUT2D eigenvalue weighted by molar-refractivity contribution is 5.95. The highest BCUT2D eigenvalue weighted by Gasteiger charge is 2.25. The van der Waals surface area contributed by atoms with Crippen molar-refractivity contribution in [3.63, 3.8) is 0 Å². The topological polar surface area (TPSA) is 86.7 Å². The smallest absolute Gasteiger partial charge is 0.303 e. The highest BCUT2D eigenvalue weighted by atomic mass is 16.4. The number of unbranched alkanes of at least 4 members (excludes halogenated alkanes) is 4. The Morgan fingerprint density at radius 1 is 1.00 bits per heavy atom. The number of carboxylic acids is 1. The minimum Gasteiger partial charge on any atom is -0.481 e. The molecule has 0 aromatic heterocycles. The second-order valence-electron chi connectivity index (χ2n) is 7.48. The number of carbonyl (C=O) groups is 3. The monoisotopic (exact) mass is 416 g/mol. The van der Waals surface area contributed by atoms with Gasteiger partial charge < -0.3 is 15.3 Å². The van der Waals surface area contributed by atoms with Crippen LogP contribution in [-0.2, 0) is 14.4 Å². The van der Waals surface area contributed by atoms with Gasteiger partial charge in [0.15, 0.2) is 0 Å². The summed E-state index contributed by atoms with van der Waals surface area (Å²) in [6.45, 7) is 5.49. The van der Waals surface area contributed by atoms with Crippen LogP contribution in [0.4, 0.5) is 0 Å². The predicted octanol–water partition coefficient (Wildman–Crippen LogP) is 4.26. The van der Waals surface area contributed by atoms with Crippen molar-refractivity contribution in [2.45, 2.75) is 71.3 Å². The quantitative estimate of drug-likeness (QED) is 0.330. The predicted molar refractivity (Wildman–Crippen MR) is 120 cm³/mol. The molecule has 0 aliphatic carbocycles. The third-order valence-corrected chi connectivity index (χ3v) is 4.86. The molecule has 0 aliphatic heterocycles. The number of hydrogen-bond donors (Lipinski definition) is 2. The highest BCUT2D eigenvalue weighted by Crippen LogP contribution is 2.09. The molecule has 0 saturated heterocycles. The van der Waals surface area contributed by atoms with E-state index in [0.717, 1.165) is 44.1 Å². The summed E-state index contributed by atoms with van der Waals surface area (Å²) >= 11 is 0. The SMILES string of the molecule is CCCCCN(CCCCC)C(=O)C(CCC(=O)O)NC(=O)/C=C/c1ccccc1. The van der Waals surface area contributed by atoms with Gasteiger partial charge in [-0.05, 0) is 30.9 Å². The first-order chi connectivity index (χ1) is 14.5.